The van der Waals surface area contributed by atoms with E-state index in [0.717, 1.165) is 12.0 Å². The molecule has 0 radical (unpaired) electrons. The average molecular weight is 351 g/mol. The Labute approximate surface area is 151 Å². The molecule has 0 aliphatic heterocycles. The molecule has 0 saturated carbocycles. The molecule has 0 atom stereocenters. The molecular formula is C20H21N3O3. The molecule has 2 aromatic heterocycles. The molecule has 0 saturated heterocycles. The maximum atomic E-state index is 12.5. The van der Waals surface area contributed by atoms with Gasteiger partial charge in [0.15, 0.2) is 5.69 Å². The third kappa shape index (κ3) is 3.79. The van der Waals surface area contributed by atoms with Gasteiger partial charge in [-0.15, -0.1) is 0 Å². The third-order valence-corrected chi connectivity index (χ3v) is 4.08. The van der Waals surface area contributed by atoms with E-state index in [1.54, 1.807) is 36.7 Å². The summed E-state index contributed by atoms with van der Waals surface area (Å²) in [5, 5.41) is 5.25. The SMILES string of the molecule is CC(C)n1nc(C(=O)OCCCc2cccnc2)c2ccccc2c1=O. The second kappa shape index (κ2) is 7.91. The molecular weight excluding hydrogens is 330 g/mol. The topological polar surface area (TPSA) is 74.1 Å². The minimum absolute atomic E-state index is 0.149. The van der Waals surface area contributed by atoms with Crippen LogP contribution in [-0.2, 0) is 11.2 Å². The Morgan fingerprint density at radius 1 is 1.15 bits per heavy atom. The number of ether oxygens (including phenoxy) is 1. The van der Waals surface area contributed by atoms with Crippen LogP contribution in [0.3, 0.4) is 0 Å². The van der Waals surface area contributed by atoms with Crippen LogP contribution in [0.25, 0.3) is 10.8 Å². The fourth-order valence-electron chi connectivity index (χ4n) is 2.76. The lowest BCUT2D eigenvalue weighted by Gasteiger charge is -2.13. The number of aryl methyl sites for hydroxylation is 1. The van der Waals surface area contributed by atoms with Crippen molar-refractivity contribution in [3.05, 3.63) is 70.4 Å². The van der Waals surface area contributed by atoms with Crippen LogP contribution in [0, 0.1) is 0 Å². The molecule has 0 fully saturated rings. The van der Waals surface area contributed by atoms with Crippen LogP contribution in [0.1, 0.15) is 42.4 Å². The van der Waals surface area contributed by atoms with Crippen molar-refractivity contribution in [2.24, 2.45) is 0 Å². The normalized spacial score (nSPS) is 11.0. The van der Waals surface area contributed by atoms with Crippen LogP contribution < -0.4 is 5.56 Å². The van der Waals surface area contributed by atoms with Gasteiger partial charge in [-0.25, -0.2) is 9.48 Å². The maximum absolute atomic E-state index is 12.5. The van der Waals surface area contributed by atoms with Gasteiger partial charge in [-0.2, -0.15) is 5.10 Å². The highest BCUT2D eigenvalue weighted by Gasteiger charge is 2.18. The van der Waals surface area contributed by atoms with Crippen molar-refractivity contribution >= 4 is 16.7 Å². The van der Waals surface area contributed by atoms with E-state index in [1.807, 2.05) is 26.0 Å². The van der Waals surface area contributed by atoms with Crippen molar-refractivity contribution in [3.8, 4) is 0 Å². The van der Waals surface area contributed by atoms with Gasteiger partial charge in [0.05, 0.1) is 18.0 Å². The van der Waals surface area contributed by atoms with Crippen LogP contribution in [0.2, 0.25) is 0 Å². The molecule has 0 amide bonds. The van der Waals surface area contributed by atoms with E-state index in [-0.39, 0.29) is 23.9 Å². The molecule has 0 N–H and O–H groups in total. The van der Waals surface area contributed by atoms with Gasteiger partial charge >= 0.3 is 5.97 Å². The van der Waals surface area contributed by atoms with Crippen LogP contribution in [0.4, 0.5) is 0 Å². The Kier molecular flexibility index (Phi) is 5.41. The highest BCUT2D eigenvalue weighted by molar-refractivity contribution is 6.02. The van der Waals surface area contributed by atoms with E-state index in [0.29, 0.717) is 17.2 Å². The van der Waals surface area contributed by atoms with Gasteiger partial charge in [0.1, 0.15) is 0 Å². The molecule has 0 spiro atoms. The van der Waals surface area contributed by atoms with E-state index in [1.165, 1.54) is 4.68 Å². The summed E-state index contributed by atoms with van der Waals surface area (Å²) < 4.78 is 6.72. The van der Waals surface area contributed by atoms with Crippen LogP contribution in [0.15, 0.2) is 53.6 Å². The smallest absolute Gasteiger partial charge is 0.359 e. The zero-order valence-corrected chi connectivity index (χ0v) is 14.9. The van der Waals surface area contributed by atoms with E-state index in [4.69, 9.17) is 4.74 Å². The largest absolute Gasteiger partial charge is 0.461 e. The zero-order valence-electron chi connectivity index (χ0n) is 14.9. The van der Waals surface area contributed by atoms with Gasteiger partial charge in [0, 0.05) is 17.8 Å². The Morgan fingerprint density at radius 3 is 2.62 bits per heavy atom. The second-order valence-corrected chi connectivity index (χ2v) is 6.34. The number of benzene rings is 1. The van der Waals surface area contributed by atoms with Crippen molar-refractivity contribution < 1.29 is 9.53 Å². The summed E-state index contributed by atoms with van der Waals surface area (Å²) in [6, 6.07) is 10.7. The molecule has 1 aromatic carbocycles. The van der Waals surface area contributed by atoms with E-state index >= 15 is 0 Å². The first-order valence-corrected chi connectivity index (χ1v) is 8.65. The van der Waals surface area contributed by atoms with Crippen molar-refractivity contribution in [3.63, 3.8) is 0 Å². The lowest BCUT2D eigenvalue weighted by Crippen LogP contribution is -2.28. The molecule has 3 rings (SSSR count). The van der Waals surface area contributed by atoms with Crippen LogP contribution >= 0.6 is 0 Å². The summed E-state index contributed by atoms with van der Waals surface area (Å²) in [6.07, 6.45) is 5.00. The first kappa shape index (κ1) is 17.8. The fraction of sp³-hybridized carbons (Fsp3) is 0.300. The lowest BCUT2D eigenvalue weighted by atomic mass is 10.1. The molecule has 0 aliphatic carbocycles. The number of fused-ring (bicyclic) bond motifs is 1. The molecule has 6 heteroatoms. The van der Waals surface area contributed by atoms with Crippen LogP contribution in [-0.4, -0.2) is 27.3 Å². The second-order valence-electron chi connectivity index (χ2n) is 6.34. The number of carbonyl (C=O) groups excluding carboxylic acids is 1. The van der Waals surface area contributed by atoms with Gasteiger partial charge in [-0.05, 0) is 44.4 Å². The van der Waals surface area contributed by atoms with Gasteiger partial charge in [-0.1, -0.05) is 24.3 Å². The van der Waals surface area contributed by atoms with Crippen molar-refractivity contribution in [2.75, 3.05) is 6.61 Å². The minimum Gasteiger partial charge on any atom is -0.461 e. The quantitative estimate of drug-likeness (QED) is 0.504. The van der Waals surface area contributed by atoms with Gasteiger partial charge < -0.3 is 4.74 Å². The highest BCUT2D eigenvalue weighted by Crippen LogP contribution is 2.16. The summed E-state index contributed by atoms with van der Waals surface area (Å²) in [4.78, 5) is 29.1. The van der Waals surface area contributed by atoms with Crippen molar-refractivity contribution in [1.82, 2.24) is 14.8 Å². The Hall–Kier alpha value is -3.02. The number of nitrogens with zero attached hydrogens (tertiary/aromatic N) is 3. The van der Waals surface area contributed by atoms with Gasteiger partial charge in [-0.3, -0.25) is 9.78 Å². The first-order valence-electron chi connectivity index (χ1n) is 8.65. The van der Waals surface area contributed by atoms with E-state index in [2.05, 4.69) is 10.1 Å². The maximum Gasteiger partial charge on any atom is 0.359 e. The molecule has 0 aliphatic rings. The zero-order chi connectivity index (χ0) is 18.5. The van der Waals surface area contributed by atoms with Gasteiger partial charge in [0.25, 0.3) is 5.56 Å². The van der Waals surface area contributed by atoms with Crippen molar-refractivity contribution in [1.29, 1.82) is 0 Å². The third-order valence-electron chi connectivity index (χ3n) is 4.08. The van der Waals surface area contributed by atoms with Gasteiger partial charge in [0.2, 0.25) is 0 Å². The number of hydrogen-bond donors (Lipinski definition) is 0. The number of pyridine rings is 1. The monoisotopic (exact) mass is 351 g/mol. The first-order chi connectivity index (χ1) is 12.6. The summed E-state index contributed by atoms with van der Waals surface area (Å²) in [6.45, 7) is 3.99. The Morgan fingerprint density at radius 2 is 1.92 bits per heavy atom. The molecule has 134 valence electrons. The molecule has 2 heterocycles. The summed E-state index contributed by atoms with van der Waals surface area (Å²) in [5.74, 6) is -0.512. The van der Waals surface area contributed by atoms with Crippen LogP contribution in [0.5, 0.6) is 0 Å². The molecule has 3 aromatic rings. The average Bonchev–Trinajstić information content (AvgIpc) is 2.66. The lowest BCUT2D eigenvalue weighted by molar-refractivity contribution is 0.0493. The summed E-state index contributed by atoms with van der Waals surface area (Å²) >= 11 is 0. The highest BCUT2D eigenvalue weighted by atomic mass is 16.5. The minimum atomic E-state index is -0.512. The Balaban J connectivity index is 1.77. The molecule has 0 bridgehead atoms. The summed E-state index contributed by atoms with van der Waals surface area (Å²) in [5.41, 5.74) is 1.07. The number of rotatable bonds is 6. The van der Waals surface area contributed by atoms with Crippen molar-refractivity contribution in [2.45, 2.75) is 32.7 Å². The van der Waals surface area contributed by atoms with E-state index < -0.39 is 5.97 Å². The fourth-order valence-corrected chi connectivity index (χ4v) is 2.76. The predicted molar refractivity (Wildman–Crippen MR) is 99.2 cm³/mol. The predicted octanol–water partition coefficient (Wildman–Crippen LogP) is 3.16. The Bertz CT molecular complexity index is 965. The molecule has 0 unspecified atom stereocenters. The number of esters is 1. The van der Waals surface area contributed by atoms with E-state index in [9.17, 15) is 9.59 Å². The summed E-state index contributed by atoms with van der Waals surface area (Å²) in [7, 11) is 0. The standard InChI is InChI=1S/C20H21N3O3/c1-14(2)23-19(24)17-10-4-3-9-16(17)18(22-23)20(25)26-12-6-8-15-7-5-11-21-13-15/h3-5,7,9-11,13-14H,6,8,12H2,1-2H3. The number of carbonyl (C=O) groups is 1. The molecule has 26 heavy (non-hydrogen) atoms. The molecule has 6 nitrogen and oxygen atoms in total. The number of aromatic nitrogens is 3. The number of hydrogen-bond acceptors (Lipinski definition) is 5.